The van der Waals surface area contributed by atoms with Gasteiger partial charge in [0.15, 0.2) is 5.76 Å². The van der Waals surface area contributed by atoms with Crippen molar-refractivity contribution < 1.29 is 18.7 Å². The van der Waals surface area contributed by atoms with E-state index in [2.05, 4.69) is 4.74 Å². The highest BCUT2D eigenvalue weighted by Crippen LogP contribution is 2.21. The molecule has 0 radical (unpaired) electrons. The Balaban J connectivity index is 2.48. The van der Waals surface area contributed by atoms with Gasteiger partial charge in [-0.2, -0.15) is 0 Å². The van der Waals surface area contributed by atoms with Crippen LogP contribution in [0.3, 0.4) is 0 Å². The molecule has 2 rings (SSSR count). The number of furan rings is 1. The van der Waals surface area contributed by atoms with Crippen LogP contribution in [0.25, 0.3) is 11.0 Å². The highest BCUT2D eigenvalue weighted by atomic mass is 16.5. The lowest BCUT2D eigenvalue weighted by Crippen LogP contribution is -2.12. The molecule has 5 heteroatoms. The average molecular weight is 233 g/mol. The first kappa shape index (κ1) is 11.3. The molecule has 1 heterocycles. The Hall–Kier alpha value is -2.14. The summed E-state index contributed by atoms with van der Waals surface area (Å²) < 4.78 is 9.91. The van der Waals surface area contributed by atoms with Gasteiger partial charge in [-0.15, -0.1) is 0 Å². The molecule has 0 spiro atoms. The molecule has 0 atom stereocenters. The molecule has 1 aromatic heterocycles. The molecular weight excluding hydrogens is 222 g/mol. The number of nitrogens with two attached hydrogens (primary N) is 1. The fourth-order valence-corrected chi connectivity index (χ4v) is 1.53. The molecule has 88 valence electrons. The van der Waals surface area contributed by atoms with E-state index in [-0.39, 0.29) is 18.1 Å². The predicted octanol–water partition coefficient (Wildman–Crippen LogP) is 1.36. The molecule has 5 nitrogen and oxygen atoms in total. The molecule has 0 aliphatic carbocycles. The lowest BCUT2D eigenvalue weighted by Gasteiger charge is -1.97. The van der Waals surface area contributed by atoms with Crippen LogP contribution >= 0.6 is 0 Å². The number of methoxy groups -OCH3 is 1. The van der Waals surface area contributed by atoms with Crippen molar-refractivity contribution in [2.75, 3.05) is 13.7 Å². The molecule has 17 heavy (non-hydrogen) atoms. The third-order valence-corrected chi connectivity index (χ3v) is 2.40. The second-order valence-corrected chi connectivity index (χ2v) is 3.48. The standard InChI is InChI=1S/C12H11NO4/c1-16-12(15)7-2-3-10-8(4-7)5-11(17-10)9(14)6-13/h2-5H,6,13H2,1H3. The third-order valence-electron chi connectivity index (χ3n) is 2.40. The largest absolute Gasteiger partial charge is 0.465 e. The summed E-state index contributed by atoms with van der Waals surface area (Å²) in [6, 6.07) is 6.37. The van der Waals surface area contributed by atoms with Gasteiger partial charge in [0.2, 0.25) is 5.78 Å². The van der Waals surface area contributed by atoms with Gasteiger partial charge >= 0.3 is 5.97 Å². The Morgan fingerprint density at radius 1 is 1.35 bits per heavy atom. The smallest absolute Gasteiger partial charge is 0.337 e. The van der Waals surface area contributed by atoms with Crippen LogP contribution in [0.2, 0.25) is 0 Å². The van der Waals surface area contributed by atoms with Gasteiger partial charge in [-0.25, -0.2) is 4.79 Å². The maximum absolute atomic E-state index is 11.3. The molecule has 0 aliphatic heterocycles. The number of hydrogen-bond donors (Lipinski definition) is 1. The number of hydrogen-bond acceptors (Lipinski definition) is 5. The van der Waals surface area contributed by atoms with Crippen molar-refractivity contribution >= 4 is 22.7 Å². The second-order valence-electron chi connectivity index (χ2n) is 3.48. The lowest BCUT2D eigenvalue weighted by atomic mass is 10.1. The summed E-state index contributed by atoms with van der Waals surface area (Å²) in [6.07, 6.45) is 0. The Morgan fingerprint density at radius 2 is 2.12 bits per heavy atom. The predicted molar refractivity (Wildman–Crippen MR) is 60.9 cm³/mol. The summed E-state index contributed by atoms with van der Waals surface area (Å²) in [5, 5.41) is 0.671. The SMILES string of the molecule is COC(=O)c1ccc2oc(C(=O)CN)cc2c1. The second kappa shape index (κ2) is 4.39. The maximum Gasteiger partial charge on any atom is 0.337 e. The van der Waals surface area contributed by atoms with E-state index < -0.39 is 5.97 Å². The molecule has 2 N–H and O–H groups in total. The molecular formula is C12H11NO4. The van der Waals surface area contributed by atoms with Crippen molar-refractivity contribution in [1.29, 1.82) is 0 Å². The van der Waals surface area contributed by atoms with Gasteiger partial charge in [0.05, 0.1) is 19.2 Å². The van der Waals surface area contributed by atoms with Crippen LogP contribution in [0.15, 0.2) is 28.7 Å². The molecule has 0 saturated carbocycles. The van der Waals surface area contributed by atoms with Gasteiger partial charge in [0, 0.05) is 5.39 Å². The first-order valence-electron chi connectivity index (χ1n) is 5.01. The van der Waals surface area contributed by atoms with E-state index in [1.807, 2.05) is 0 Å². The minimum Gasteiger partial charge on any atom is -0.465 e. The zero-order valence-electron chi connectivity index (χ0n) is 9.23. The van der Waals surface area contributed by atoms with Crippen LogP contribution in [-0.4, -0.2) is 25.4 Å². The van der Waals surface area contributed by atoms with E-state index in [9.17, 15) is 9.59 Å². The van der Waals surface area contributed by atoms with Gasteiger partial charge < -0.3 is 14.9 Å². The Morgan fingerprint density at radius 3 is 2.76 bits per heavy atom. The number of carbonyl (C=O) groups excluding carboxylic acids is 2. The number of Topliss-reactive ketones (excluding diaryl/α,β-unsaturated/α-hetero) is 1. The van der Waals surface area contributed by atoms with E-state index in [0.29, 0.717) is 16.5 Å². The normalized spacial score (nSPS) is 10.5. The van der Waals surface area contributed by atoms with E-state index in [1.165, 1.54) is 7.11 Å². The van der Waals surface area contributed by atoms with E-state index >= 15 is 0 Å². The molecule has 2 aromatic rings. The van der Waals surface area contributed by atoms with Gasteiger partial charge in [-0.1, -0.05) is 0 Å². The number of ether oxygens (including phenoxy) is 1. The summed E-state index contributed by atoms with van der Waals surface area (Å²) in [5.41, 5.74) is 6.19. The highest BCUT2D eigenvalue weighted by molar-refractivity contribution is 6.00. The van der Waals surface area contributed by atoms with Gasteiger partial charge in [-0.05, 0) is 24.3 Å². The minimum atomic E-state index is -0.431. The fourth-order valence-electron chi connectivity index (χ4n) is 1.53. The van der Waals surface area contributed by atoms with Crippen LogP contribution in [0.5, 0.6) is 0 Å². The van der Waals surface area contributed by atoms with Crippen molar-refractivity contribution in [3.63, 3.8) is 0 Å². The monoisotopic (exact) mass is 233 g/mol. The Bertz CT molecular complexity index is 571. The van der Waals surface area contributed by atoms with Crippen molar-refractivity contribution in [1.82, 2.24) is 0 Å². The fraction of sp³-hybridized carbons (Fsp3) is 0.167. The van der Waals surface area contributed by atoms with Crippen molar-refractivity contribution in [2.24, 2.45) is 5.73 Å². The van der Waals surface area contributed by atoms with Gasteiger partial charge in [-0.3, -0.25) is 4.79 Å². The van der Waals surface area contributed by atoms with E-state index in [4.69, 9.17) is 10.2 Å². The van der Waals surface area contributed by atoms with Crippen molar-refractivity contribution in [2.45, 2.75) is 0 Å². The molecule has 0 aliphatic rings. The number of ketones is 1. The summed E-state index contributed by atoms with van der Waals surface area (Å²) in [5.74, 6) is -0.509. The van der Waals surface area contributed by atoms with Crippen LogP contribution in [0, 0.1) is 0 Å². The molecule has 0 unspecified atom stereocenters. The average Bonchev–Trinajstić information content (AvgIpc) is 2.79. The van der Waals surface area contributed by atoms with Crippen LogP contribution in [-0.2, 0) is 4.74 Å². The maximum atomic E-state index is 11.3. The zero-order valence-corrected chi connectivity index (χ0v) is 9.23. The Labute approximate surface area is 97.1 Å². The van der Waals surface area contributed by atoms with Crippen LogP contribution in [0.4, 0.5) is 0 Å². The first-order valence-corrected chi connectivity index (χ1v) is 5.01. The van der Waals surface area contributed by atoms with Crippen molar-refractivity contribution in [3.8, 4) is 0 Å². The number of esters is 1. The molecule has 1 aromatic carbocycles. The molecule has 0 amide bonds. The van der Waals surface area contributed by atoms with Gasteiger partial charge in [0.25, 0.3) is 0 Å². The lowest BCUT2D eigenvalue weighted by molar-refractivity contribution is 0.0601. The van der Waals surface area contributed by atoms with Crippen LogP contribution < -0.4 is 5.73 Å². The molecule has 0 bridgehead atoms. The zero-order chi connectivity index (χ0) is 12.4. The molecule has 0 saturated heterocycles. The summed E-state index contributed by atoms with van der Waals surface area (Å²) in [6.45, 7) is -0.107. The number of carbonyl (C=O) groups is 2. The summed E-state index contributed by atoms with van der Waals surface area (Å²) in [4.78, 5) is 22.7. The topological polar surface area (TPSA) is 82.5 Å². The first-order chi connectivity index (χ1) is 8.15. The van der Waals surface area contributed by atoms with E-state index in [1.54, 1.807) is 24.3 Å². The minimum absolute atomic E-state index is 0.107. The Kier molecular flexibility index (Phi) is 2.93. The number of fused-ring (bicyclic) bond motifs is 1. The number of rotatable bonds is 3. The third kappa shape index (κ3) is 2.05. The number of benzene rings is 1. The summed E-state index contributed by atoms with van der Waals surface area (Å²) >= 11 is 0. The highest BCUT2D eigenvalue weighted by Gasteiger charge is 2.12. The quantitative estimate of drug-likeness (QED) is 0.639. The van der Waals surface area contributed by atoms with Gasteiger partial charge in [0.1, 0.15) is 5.58 Å². The van der Waals surface area contributed by atoms with Crippen LogP contribution in [0.1, 0.15) is 20.9 Å². The van der Waals surface area contributed by atoms with Crippen molar-refractivity contribution in [3.05, 3.63) is 35.6 Å². The summed E-state index contributed by atoms with van der Waals surface area (Å²) in [7, 11) is 1.31. The molecule has 0 fully saturated rings. The van der Waals surface area contributed by atoms with E-state index in [0.717, 1.165) is 0 Å².